The van der Waals surface area contributed by atoms with Gasteiger partial charge in [0.05, 0.1) is 6.04 Å². The van der Waals surface area contributed by atoms with Gasteiger partial charge in [0.15, 0.2) is 0 Å². The summed E-state index contributed by atoms with van der Waals surface area (Å²) in [5.41, 5.74) is 7.41. The number of anilines is 1. The molecule has 2 rings (SSSR count). The first kappa shape index (κ1) is 14.2. The van der Waals surface area contributed by atoms with E-state index in [1.807, 2.05) is 30.3 Å². The Morgan fingerprint density at radius 3 is 2.60 bits per heavy atom. The summed E-state index contributed by atoms with van der Waals surface area (Å²) in [5, 5.41) is 2.61. The van der Waals surface area contributed by atoms with Crippen LogP contribution in [0.15, 0.2) is 54.6 Å². The monoisotopic (exact) mass is 272 g/mol. The van der Waals surface area contributed by atoms with Gasteiger partial charge in [-0.1, -0.05) is 36.4 Å². The highest BCUT2D eigenvalue weighted by molar-refractivity contribution is 5.94. The molecule has 1 amide bonds. The van der Waals surface area contributed by atoms with Crippen LogP contribution in [0.2, 0.25) is 0 Å². The number of benzene rings is 2. The average Bonchev–Trinajstić information content (AvgIpc) is 2.46. The maximum absolute atomic E-state index is 13.0. The predicted octanol–water partition coefficient (Wildman–Crippen LogP) is 2.72. The van der Waals surface area contributed by atoms with Gasteiger partial charge in [-0.25, -0.2) is 4.39 Å². The molecule has 3 N–H and O–H groups in total. The second kappa shape index (κ2) is 6.82. The lowest BCUT2D eigenvalue weighted by Crippen LogP contribution is -2.36. The van der Waals surface area contributed by atoms with Gasteiger partial charge in [-0.3, -0.25) is 4.79 Å². The number of rotatable bonds is 5. The van der Waals surface area contributed by atoms with Crippen molar-refractivity contribution in [2.24, 2.45) is 5.73 Å². The normalized spacial score (nSPS) is 11.9. The molecule has 1 atom stereocenters. The Morgan fingerprint density at radius 2 is 1.90 bits per heavy atom. The lowest BCUT2D eigenvalue weighted by atomic mass is 10.1. The zero-order valence-corrected chi connectivity index (χ0v) is 11.1. The van der Waals surface area contributed by atoms with Crippen LogP contribution in [-0.4, -0.2) is 11.9 Å². The van der Waals surface area contributed by atoms with E-state index >= 15 is 0 Å². The number of nitrogens with one attached hydrogen (secondary N) is 1. The van der Waals surface area contributed by atoms with Gasteiger partial charge in [-0.2, -0.15) is 0 Å². The van der Waals surface area contributed by atoms with Gasteiger partial charge in [0, 0.05) is 5.69 Å². The maximum atomic E-state index is 13.0. The first-order valence-corrected chi connectivity index (χ1v) is 6.51. The van der Waals surface area contributed by atoms with Crippen LogP contribution in [0.3, 0.4) is 0 Å². The third-order valence-corrected chi connectivity index (χ3v) is 3.02. The van der Waals surface area contributed by atoms with Gasteiger partial charge < -0.3 is 11.1 Å². The first-order chi connectivity index (χ1) is 9.65. The average molecular weight is 272 g/mol. The molecule has 0 saturated carbocycles. The molecule has 2 aromatic rings. The van der Waals surface area contributed by atoms with Crippen molar-refractivity contribution in [2.45, 2.75) is 18.9 Å². The van der Waals surface area contributed by atoms with Crippen molar-refractivity contribution in [2.75, 3.05) is 5.32 Å². The molecule has 0 aliphatic rings. The van der Waals surface area contributed by atoms with E-state index in [-0.39, 0.29) is 11.7 Å². The van der Waals surface area contributed by atoms with E-state index in [2.05, 4.69) is 5.32 Å². The van der Waals surface area contributed by atoms with Crippen LogP contribution in [0.1, 0.15) is 12.0 Å². The molecule has 0 aliphatic heterocycles. The summed E-state index contributed by atoms with van der Waals surface area (Å²) in [7, 11) is 0. The van der Waals surface area contributed by atoms with Crippen LogP contribution in [0.4, 0.5) is 10.1 Å². The van der Waals surface area contributed by atoms with Crippen molar-refractivity contribution in [3.05, 3.63) is 66.0 Å². The molecule has 104 valence electrons. The lowest BCUT2D eigenvalue weighted by Gasteiger charge is -2.12. The summed E-state index contributed by atoms with van der Waals surface area (Å²) in [6.45, 7) is 0. The fourth-order valence-corrected chi connectivity index (χ4v) is 1.90. The SMILES string of the molecule is NC(CCc1ccccc1)C(=O)Nc1cccc(F)c1. The molecule has 20 heavy (non-hydrogen) atoms. The number of carbonyl (C=O) groups is 1. The molecule has 0 fully saturated rings. The third-order valence-electron chi connectivity index (χ3n) is 3.02. The van der Waals surface area contributed by atoms with Gasteiger partial charge in [-0.15, -0.1) is 0 Å². The number of hydrogen-bond acceptors (Lipinski definition) is 2. The predicted molar refractivity (Wildman–Crippen MR) is 77.8 cm³/mol. The summed E-state index contributed by atoms with van der Waals surface area (Å²) in [5.74, 6) is -0.688. The lowest BCUT2D eigenvalue weighted by molar-refractivity contribution is -0.117. The van der Waals surface area contributed by atoms with Crippen molar-refractivity contribution in [1.29, 1.82) is 0 Å². The van der Waals surface area contributed by atoms with Crippen LogP contribution < -0.4 is 11.1 Å². The van der Waals surface area contributed by atoms with Crippen LogP contribution in [0.5, 0.6) is 0 Å². The number of nitrogens with two attached hydrogens (primary N) is 1. The van der Waals surface area contributed by atoms with Gasteiger partial charge in [-0.05, 0) is 36.6 Å². The maximum Gasteiger partial charge on any atom is 0.241 e. The van der Waals surface area contributed by atoms with Crippen LogP contribution in [-0.2, 0) is 11.2 Å². The minimum absolute atomic E-state index is 0.300. The van der Waals surface area contributed by atoms with Crippen molar-refractivity contribution >= 4 is 11.6 Å². The van der Waals surface area contributed by atoms with E-state index < -0.39 is 6.04 Å². The zero-order chi connectivity index (χ0) is 14.4. The molecular weight excluding hydrogens is 255 g/mol. The Kier molecular flexibility index (Phi) is 4.85. The van der Waals surface area contributed by atoms with Crippen molar-refractivity contribution in [3.8, 4) is 0 Å². The van der Waals surface area contributed by atoms with Crippen LogP contribution in [0.25, 0.3) is 0 Å². The number of carbonyl (C=O) groups excluding carboxylic acids is 1. The van der Waals surface area contributed by atoms with E-state index in [9.17, 15) is 9.18 Å². The fourth-order valence-electron chi connectivity index (χ4n) is 1.90. The molecule has 0 saturated heterocycles. The summed E-state index contributed by atoms with van der Waals surface area (Å²) < 4.78 is 13.0. The van der Waals surface area contributed by atoms with E-state index in [4.69, 9.17) is 5.73 Å². The summed E-state index contributed by atoms with van der Waals surface area (Å²) in [6.07, 6.45) is 1.28. The quantitative estimate of drug-likeness (QED) is 0.879. The largest absolute Gasteiger partial charge is 0.325 e. The molecule has 0 bridgehead atoms. The van der Waals surface area contributed by atoms with Crippen LogP contribution >= 0.6 is 0 Å². The molecule has 4 heteroatoms. The second-order valence-electron chi connectivity index (χ2n) is 4.63. The number of hydrogen-bond donors (Lipinski definition) is 2. The van der Waals surface area contributed by atoms with Crippen molar-refractivity contribution in [1.82, 2.24) is 0 Å². The molecule has 0 aromatic heterocycles. The van der Waals surface area contributed by atoms with Crippen LogP contribution in [0, 0.1) is 5.82 Å². The Bertz CT molecular complexity index is 572. The smallest absolute Gasteiger partial charge is 0.241 e. The highest BCUT2D eigenvalue weighted by Crippen LogP contribution is 2.10. The van der Waals surface area contributed by atoms with E-state index in [1.165, 1.54) is 12.1 Å². The molecule has 2 aromatic carbocycles. The Morgan fingerprint density at radius 1 is 1.15 bits per heavy atom. The minimum Gasteiger partial charge on any atom is -0.325 e. The number of amides is 1. The molecule has 0 radical (unpaired) electrons. The standard InChI is InChI=1S/C16H17FN2O/c17-13-7-4-8-14(11-13)19-16(20)15(18)10-9-12-5-2-1-3-6-12/h1-8,11,15H,9-10,18H2,(H,19,20). The van der Waals surface area contributed by atoms with Crippen molar-refractivity contribution in [3.63, 3.8) is 0 Å². The first-order valence-electron chi connectivity index (χ1n) is 6.51. The number of halogens is 1. The Labute approximate surface area is 117 Å². The molecule has 0 heterocycles. The molecule has 3 nitrogen and oxygen atoms in total. The summed E-state index contributed by atoms with van der Waals surface area (Å²) in [6, 6.07) is 15.0. The highest BCUT2D eigenvalue weighted by atomic mass is 19.1. The van der Waals surface area contributed by atoms with Gasteiger partial charge in [0.25, 0.3) is 0 Å². The molecule has 0 aliphatic carbocycles. The Balaban J connectivity index is 1.86. The van der Waals surface area contributed by atoms with E-state index in [0.717, 1.165) is 12.0 Å². The van der Waals surface area contributed by atoms with E-state index in [1.54, 1.807) is 12.1 Å². The van der Waals surface area contributed by atoms with Gasteiger partial charge >= 0.3 is 0 Å². The van der Waals surface area contributed by atoms with Gasteiger partial charge in [0.2, 0.25) is 5.91 Å². The fraction of sp³-hybridized carbons (Fsp3) is 0.188. The minimum atomic E-state index is -0.613. The highest BCUT2D eigenvalue weighted by Gasteiger charge is 2.13. The Hall–Kier alpha value is -2.20. The number of aryl methyl sites for hydroxylation is 1. The molecular formula is C16H17FN2O. The zero-order valence-electron chi connectivity index (χ0n) is 11.1. The summed E-state index contributed by atoms with van der Waals surface area (Å²) >= 11 is 0. The molecule has 1 unspecified atom stereocenters. The van der Waals surface area contributed by atoms with E-state index in [0.29, 0.717) is 12.1 Å². The topological polar surface area (TPSA) is 55.1 Å². The summed E-state index contributed by atoms with van der Waals surface area (Å²) in [4.78, 5) is 11.9. The second-order valence-corrected chi connectivity index (χ2v) is 4.63. The van der Waals surface area contributed by atoms with Crippen molar-refractivity contribution < 1.29 is 9.18 Å². The third kappa shape index (κ3) is 4.17. The van der Waals surface area contributed by atoms with Gasteiger partial charge in [0.1, 0.15) is 5.82 Å². The molecule has 0 spiro atoms.